The molecule has 1 rings (SSSR count). The molecular weight excluding hydrogens is 194 g/mol. The predicted octanol–water partition coefficient (Wildman–Crippen LogP) is 2.07. The molecule has 0 saturated heterocycles. The van der Waals surface area contributed by atoms with Crippen molar-refractivity contribution in [3.63, 3.8) is 0 Å². The average molecular weight is 202 g/mol. The van der Waals surface area contributed by atoms with Gasteiger partial charge < -0.3 is 5.73 Å². The Morgan fingerprint density at radius 1 is 1.58 bits per heavy atom. The molecule has 0 radical (unpaired) electrons. The van der Waals surface area contributed by atoms with E-state index < -0.39 is 5.91 Å². The van der Waals surface area contributed by atoms with Crippen LogP contribution in [0.5, 0.6) is 0 Å². The Bertz CT molecular complexity index is 290. The van der Waals surface area contributed by atoms with Crippen molar-refractivity contribution in [1.29, 1.82) is 0 Å². The van der Waals surface area contributed by atoms with Crippen LogP contribution in [-0.2, 0) is 0 Å². The predicted molar refractivity (Wildman–Crippen MR) is 51.5 cm³/mol. The topological polar surface area (TPSA) is 43.1 Å². The van der Waals surface area contributed by atoms with Gasteiger partial charge in [-0.3, -0.25) is 4.79 Å². The molecule has 12 heavy (non-hydrogen) atoms. The highest BCUT2D eigenvalue weighted by Crippen LogP contribution is 2.19. The molecule has 1 amide bonds. The summed E-state index contributed by atoms with van der Waals surface area (Å²) in [4.78, 5) is 11.7. The van der Waals surface area contributed by atoms with Crippen LogP contribution >= 0.6 is 23.4 Å². The standard InChI is InChI=1S/C8H8ClNOS/c9-5-12-7-3-1-2-6(4-7)8(10)11/h1-4H,5H2,(H2,10,11). The number of carbonyl (C=O) groups is 1. The Kier molecular flexibility index (Phi) is 3.44. The lowest BCUT2D eigenvalue weighted by molar-refractivity contribution is 0.1000. The monoisotopic (exact) mass is 201 g/mol. The normalized spacial score (nSPS) is 9.75. The molecule has 0 aromatic heterocycles. The summed E-state index contributed by atoms with van der Waals surface area (Å²) < 4.78 is 0. The number of thioether (sulfide) groups is 1. The van der Waals surface area contributed by atoms with E-state index in [0.717, 1.165) is 4.90 Å². The summed E-state index contributed by atoms with van der Waals surface area (Å²) in [5.74, 6) is -0.410. The molecule has 2 nitrogen and oxygen atoms in total. The first-order chi connectivity index (χ1) is 5.74. The second-order valence-corrected chi connectivity index (χ2v) is 3.78. The number of alkyl halides is 1. The van der Waals surface area contributed by atoms with Gasteiger partial charge in [0.2, 0.25) is 5.91 Å². The molecule has 0 spiro atoms. The molecule has 1 aromatic carbocycles. The van der Waals surface area contributed by atoms with Crippen LogP contribution in [-0.4, -0.2) is 11.1 Å². The van der Waals surface area contributed by atoms with E-state index in [1.807, 2.05) is 6.07 Å². The van der Waals surface area contributed by atoms with Crippen molar-refractivity contribution in [3.05, 3.63) is 29.8 Å². The first kappa shape index (κ1) is 9.42. The fourth-order valence-corrected chi connectivity index (χ4v) is 1.69. The third kappa shape index (κ3) is 2.43. The Morgan fingerprint density at radius 2 is 2.33 bits per heavy atom. The largest absolute Gasteiger partial charge is 0.366 e. The highest BCUT2D eigenvalue weighted by atomic mass is 35.5. The Hall–Kier alpha value is -0.670. The van der Waals surface area contributed by atoms with E-state index >= 15 is 0 Å². The van der Waals surface area contributed by atoms with E-state index in [1.54, 1.807) is 18.2 Å². The van der Waals surface area contributed by atoms with Crippen molar-refractivity contribution in [2.24, 2.45) is 5.73 Å². The smallest absolute Gasteiger partial charge is 0.248 e. The van der Waals surface area contributed by atoms with Crippen LogP contribution in [0, 0.1) is 0 Å². The Morgan fingerprint density at radius 3 is 2.92 bits per heavy atom. The highest BCUT2D eigenvalue weighted by molar-refractivity contribution is 8.00. The molecule has 0 aliphatic carbocycles. The van der Waals surface area contributed by atoms with Gasteiger partial charge in [0.1, 0.15) is 0 Å². The lowest BCUT2D eigenvalue weighted by atomic mass is 10.2. The van der Waals surface area contributed by atoms with Crippen molar-refractivity contribution < 1.29 is 4.79 Å². The summed E-state index contributed by atoms with van der Waals surface area (Å²) in [7, 11) is 0. The lowest BCUT2D eigenvalue weighted by Crippen LogP contribution is -2.10. The minimum atomic E-state index is -0.410. The molecule has 0 heterocycles. The van der Waals surface area contributed by atoms with Crippen LogP contribution < -0.4 is 5.73 Å². The Labute approximate surface area is 80.1 Å². The maximum atomic E-state index is 10.7. The van der Waals surface area contributed by atoms with Crippen LogP contribution in [0.3, 0.4) is 0 Å². The third-order valence-electron chi connectivity index (χ3n) is 1.34. The highest BCUT2D eigenvalue weighted by Gasteiger charge is 2.00. The zero-order valence-electron chi connectivity index (χ0n) is 6.29. The molecule has 0 bridgehead atoms. The minimum absolute atomic E-state index is 0.410. The van der Waals surface area contributed by atoms with Crippen LogP contribution in [0.4, 0.5) is 0 Å². The summed E-state index contributed by atoms with van der Waals surface area (Å²) in [6.45, 7) is 0. The number of amides is 1. The van der Waals surface area contributed by atoms with Gasteiger partial charge in [-0.1, -0.05) is 6.07 Å². The van der Waals surface area contributed by atoms with Crippen LogP contribution in [0.25, 0.3) is 0 Å². The quantitative estimate of drug-likeness (QED) is 0.601. The molecule has 2 N–H and O–H groups in total. The molecule has 0 aliphatic rings. The zero-order chi connectivity index (χ0) is 8.97. The number of halogens is 1. The third-order valence-corrected chi connectivity index (χ3v) is 2.36. The van der Waals surface area contributed by atoms with Gasteiger partial charge >= 0.3 is 0 Å². The number of hydrogen-bond acceptors (Lipinski definition) is 2. The van der Waals surface area contributed by atoms with Crippen LogP contribution in [0.1, 0.15) is 10.4 Å². The fourth-order valence-electron chi connectivity index (χ4n) is 0.802. The first-order valence-electron chi connectivity index (χ1n) is 3.32. The van der Waals surface area contributed by atoms with Crippen molar-refractivity contribution in [3.8, 4) is 0 Å². The SMILES string of the molecule is NC(=O)c1cccc(SCCl)c1. The molecule has 0 saturated carbocycles. The van der Waals surface area contributed by atoms with Gasteiger partial charge in [0.25, 0.3) is 0 Å². The van der Waals surface area contributed by atoms with Gasteiger partial charge in [-0.2, -0.15) is 0 Å². The second kappa shape index (κ2) is 4.38. The lowest BCUT2D eigenvalue weighted by Gasteiger charge is -1.98. The molecule has 0 unspecified atom stereocenters. The van der Waals surface area contributed by atoms with Crippen molar-refractivity contribution >= 4 is 29.3 Å². The van der Waals surface area contributed by atoms with E-state index in [4.69, 9.17) is 17.3 Å². The second-order valence-electron chi connectivity index (χ2n) is 2.15. The molecule has 0 atom stereocenters. The molecular formula is C8H8ClNOS. The van der Waals surface area contributed by atoms with Gasteiger partial charge in [-0.25, -0.2) is 0 Å². The molecule has 64 valence electrons. The molecule has 4 heteroatoms. The average Bonchev–Trinajstić information content (AvgIpc) is 2.05. The maximum Gasteiger partial charge on any atom is 0.248 e. The number of nitrogens with two attached hydrogens (primary N) is 1. The van der Waals surface area contributed by atoms with Gasteiger partial charge in [-0.05, 0) is 18.2 Å². The van der Waals surface area contributed by atoms with Gasteiger partial charge in [0.05, 0.1) is 5.21 Å². The summed E-state index contributed by atoms with van der Waals surface area (Å²) in [5.41, 5.74) is 5.62. The minimum Gasteiger partial charge on any atom is -0.366 e. The van der Waals surface area contributed by atoms with E-state index in [2.05, 4.69) is 0 Å². The van der Waals surface area contributed by atoms with Crippen LogP contribution in [0.15, 0.2) is 29.2 Å². The maximum absolute atomic E-state index is 10.7. The zero-order valence-corrected chi connectivity index (χ0v) is 7.86. The number of primary amides is 1. The fraction of sp³-hybridized carbons (Fsp3) is 0.125. The van der Waals surface area contributed by atoms with Crippen molar-refractivity contribution in [1.82, 2.24) is 0 Å². The summed E-state index contributed by atoms with van der Waals surface area (Å²) in [6, 6.07) is 7.09. The van der Waals surface area contributed by atoms with E-state index in [0.29, 0.717) is 10.8 Å². The number of rotatable bonds is 3. The molecule has 1 aromatic rings. The first-order valence-corrected chi connectivity index (χ1v) is 4.84. The van der Waals surface area contributed by atoms with E-state index in [9.17, 15) is 4.79 Å². The van der Waals surface area contributed by atoms with E-state index in [1.165, 1.54) is 11.8 Å². The van der Waals surface area contributed by atoms with Gasteiger partial charge in [0.15, 0.2) is 0 Å². The molecule has 0 aliphatic heterocycles. The van der Waals surface area contributed by atoms with Gasteiger partial charge in [0, 0.05) is 10.5 Å². The van der Waals surface area contributed by atoms with Crippen LogP contribution in [0.2, 0.25) is 0 Å². The van der Waals surface area contributed by atoms with E-state index in [-0.39, 0.29) is 0 Å². The van der Waals surface area contributed by atoms with Crippen molar-refractivity contribution in [2.75, 3.05) is 5.21 Å². The number of hydrogen-bond donors (Lipinski definition) is 1. The van der Waals surface area contributed by atoms with Crippen molar-refractivity contribution in [2.45, 2.75) is 4.90 Å². The van der Waals surface area contributed by atoms with Gasteiger partial charge in [-0.15, -0.1) is 23.4 Å². The number of benzene rings is 1. The summed E-state index contributed by atoms with van der Waals surface area (Å²) in [6.07, 6.45) is 0. The Balaban J connectivity index is 2.88. The number of carbonyl (C=O) groups excluding carboxylic acids is 1. The molecule has 0 fully saturated rings. The summed E-state index contributed by atoms with van der Waals surface area (Å²) >= 11 is 6.98. The summed E-state index contributed by atoms with van der Waals surface area (Å²) in [5, 5.41) is 0.474.